The number of hydrogen-bond donors (Lipinski definition) is 1. The zero-order valence-corrected chi connectivity index (χ0v) is 16.7. The van der Waals surface area contributed by atoms with E-state index in [1.165, 1.54) is 23.3 Å². The molecule has 1 aliphatic heterocycles. The third-order valence-electron chi connectivity index (χ3n) is 4.99. The van der Waals surface area contributed by atoms with Gasteiger partial charge in [0.2, 0.25) is 0 Å². The Morgan fingerprint density at radius 3 is 2.61 bits per heavy atom. The molecule has 8 nitrogen and oxygen atoms in total. The molecule has 1 unspecified atom stereocenters. The number of rotatable bonds is 4. The molecule has 1 fully saturated rings. The quantitative estimate of drug-likeness (QED) is 0.683. The summed E-state index contributed by atoms with van der Waals surface area (Å²) >= 11 is 0. The van der Waals surface area contributed by atoms with Gasteiger partial charge in [0.15, 0.2) is 5.69 Å². The van der Waals surface area contributed by atoms with Gasteiger partial charge in [-0.05, 0) is 43.5 Å². The van der Waals surface area contributed by atoms with Gasteiger partial charge in [0.25, 0.3) is 5.91 Å². The van der Waals surface area contributed by atoms with Crippen molar-refractivity contribution in [2.75, 3.05) is 18.4 Å². The van der Waals surface area contributed by atoms with Crippen molar-refractivity contribution in [3.63, 3.8) is 0 Å². The topological polar surface area (TPSA) is 88.8 Å². The second-order valence-electron chi connectivity index (χ2n) is 7.36. The summed E-state index contributed by atoms with van der Waals surface area (Å²) in [6.45, 7) is 2.80. The molecule has 4 rings (SSSR count). The molecule has 0 aliphatic carbocycles. The highest BCUT2D eigenvalue weighted by Gasteiger charge is 2.31. The van der Waals surface area contributed by atoms with Crippen LogP contribution in [0.25, 0.3) is 5.69 Å². The molecule has 0 spiro atoms. The molecule has 1 aliphatic rings. The first-order chi connectivity index (χ1) is 14.8. The molecule has 0 bridgehead atoms. The van der Waals surface area contributed by atoms with Crippen LogP contribution in [0.2, 0.25) is 0 Å². The lowest BCUT2D eigenvalue weighted by Crippen LogP contribution is -2.45. The van der Waals surface area contributed by atoms with E-state index in [4.69, 9.17) is 0 Å². The molecule has 1 N–H and O–H groups in total. The molecule has 4 heterocycles. The number of anilines is 1. The lowest BCUT2D eigenvalue weighted by atomic mass is 10.0. The summed E-state index contributed by atoms with van der Waals surface area (Å²) in [6, 6.07) is 3.94. The fraction of sp³-hybridized carbons (Fsp3) is 0.350. The van der Waals surface area contributed by atoms with E-state index in [1.54, 1.807) is 17.2 Å². The Bertz CT molecular complexity index is 1050. The minimum absolute atomic E-state index is 0.140. The van der Waals surface area contributed by atoms with Gasteiger partial charge in [-0.1, -0.05) is 0 Å². The van der Waals surface area contributed by atoms with Crippen molar-refractivity contribution in [1.82, 2.24) is 29.9 Å². The minimum atomic E-state index is -4.43. The van der Waals surface area contributed by atoms with Crippen LogP contribution in [0.4, 0.5) is 19.0 Å². The van der Waals surface area contributed by atoms with Crippen molar-refractivity contribution in [2.45, 2.75) is 32.0 Å². The average molecular weight is 431 g/mol. The van der Waals surface area contributed by atoms with Gasteiger partial charge in [-0.2, -0.15) is 23.4 Å². The van der Waals surface area contributed by atoms with Crippen molar-refractivity contribution >= 4 is 11.7 Å². The Hall–Kier alpha value is -3.50. The van der Waals surface area contributed by atoms with E-state index in [0.717, 1.165) is 30.7 Å². The second-order valence-corrected chi connectivity index (χ2v) is 7.36. The molecule has 0 saturated carbocycles. The highest BCUT2D eigenvalue weighted by atomic mass is 19.4. The minimum Gasteiger partial charge on any atom is -0.366 e. The smallest absolute Gasteiger partial charge is 0.366 e. The van der Waals surface area contributed by atoms with Crippen LogP contribution in [0.3, 0.4) is 0 Å². The van der Waals surface area contributed by atoms with Crippen LogP contribution >= 0.6 is 0 Å². The van der Waals surface area contributed by atoms with Gasteiger partial charge in [0.05, 0.1) is 18.0 Å². The average Bonchev–Trinajstić information content (AvgIpc) is 3.28. The molecule has 1 amide bonds. The molecule has 0 radical (unpaired) electrons. The molecule has 0 aromatic carbocycles. The first-order valence-electron chi connectivity index (χ1n) is 9.73. The third-order valence-corrected chi connectivity index (χ3v) is 4.99. The molecule has 3 aromatic heterocycles. The summed E-state index contributed by atoms with van der Waals surface area (Å²) in [6.07, 6.45) is 2.54. The zero-order valence-electron chi connectivity index (χ0n) is 16.7. The summed E-state index contributed by atoms with van der Waals surface area (Å²) in [7, 11) is 0. The number of hydrogen-bond acceptors (Lipinski definition) is 6. The maximum atomic E-state index is 13.2. The number of nitrogens with one attached hydrogen (secondary N) is 1. The largest absolute Gasteiger partial charge is 0.417 e. The van der Waals surface area contributed by atoms with Crippen molar-refractivity contribution in [1.29, 1.82) is 0 Å². The second kappa shape index (κ2) is 8.32. The van der Waals surface area contributed by atoms with Crippen LogP contribution in [0.15, 0.2) is 43.0 Å². The number of carbonyl (C=O) groups excluding carboxylic acids is 1. The predicted octanol–water partition coefficient (Wildman–Crippen LogP) is 3.10. The number of amides is 1. The number of aryl methyl sites for hydroxylation is 1. The lowest BCUT2D eigenvalue weighted by Gasteiger charge is -2.33. The summed E-state index contributed by atoms with van der Waals surface area (Å²) in [5.74, 6) is 0.0846. The van der Waals surface area contributed by atoms with Gasteiger partial charge < -0.3 is 10.2 Å². The van der Waals surface area contributed by atoms with Crippen molar-refractivity contribution in [3.05, 3.63) is 59.8 Å². The van der Waals surface area contributed by atoms with Gasteiger partial charge in [0.1, 0.15) is 11.5 Å². The van der Waals surface area contributed by atoms with Crippen LogP contribution in [-0.4, -0.2) is 54.9 Å². The Morgan fingerprint density at radius 1 is 1.16 bits per heavy atom. The van der Waals surface area contributed by atoms with E-state index < -0.39 is 11.7 Å². The summed E-state index contributed by atoms with van der Waals surface area (Å²) < 4.78 is 38.2. The monoisotopic (exact) mass is 431 g/mol. The van der Waals surface area contributed by atoms with Gasteiger partial charge in [-0.15, -0.1) is 4.80 Å². The zero-order chi connectivity index (χ0) is 22.0. The van der Waals surface area contributed by atoms with Crippen LogP contribution in [0.5, 0.6) is 0 Å². The number of alkyl halides is 3. The number of pyridine rings is 2. The number of likely N-dealkylation sites (tertiary alicyclic amines) is 1. The molecule has 11 heteroatoms. The number of aromatic nitrogens is 5. The third kappa shape index (κ3) is 4.65. The number of carbonyl (C=O) groups is 1. The molecule has 162 valence electrons. The first-order valence-corrected chi connectivity index (χ1v) is 9.73. The van der Waals surface area contributed by atoms with E-state index in [9.17, 15) is 18.0 Å². The van der Waals surface area contributed by atoms with Gasteiger partial charge in [-0.3, -0.25) is 4.79 Å². The van der Waals surface area contributed by atoms with Crippen LogP contribution in [0.1, 0.15) is 34.5 Å². The SMILES string of the molecule is Cc1cnc(C(=O)N2CCCC(Nc3ccc(C(F)(F)F)cn3)C2)c(-n2nccn2)c1. The first kappa shape index (κ1) is 20.8. The lowest BCUT2D eigenvalue weighted by molar-refractivity contribution is -0.137. The van der Waals surface area contributed by atoms with Crippen molar-refractivity contribution in [2.24, 2.45) is 0 Å². The molecule has 1 atom stereocenters. The fourth-order valence-electron chi connectivity index (χ4n) is 3.50. The van der Waals surface area contributed by atoms with E-state index in [0.29, 0.717) is 24.6 Å². The molecular formula is C20H20F3N7O. The van der Waals surface area contributed by atoms with E-state index in [2.05, 4.69) is 25.5 Å². The van der Waals surface area contributed by atoms with Crippen LogP contribution < -0.4 is 5.32 Å². The van der Waals surface area contributed by atoms with Gasteiger partial charge in [-0.25, -0.2) is 9.97 Å². The summed E-state index contributed by atoms with van der Waals surface area (Å²) in [5, 5.41) is 11.3. The van der Waals surface area contributed by atoms with E-state index in [-0.39, 0.29) is 17.6 Å². The van der Waals surface area contributed by atoms with Crippen LogP contribution in [-0.2, 0) is 6.18 Å². The maximum absolute atomic E-state index is 13.2. The highest BCUT2D eigenvalue weighted by Crippen LogP contribution is 2.29. The molecular weight excluding hydrogens is 411 g/mol. The fourth-order valence-corrected chi connectivity index (χ4v) is 3.50. The number of halogens is 3. The standard InChI is InChI=1S/C20H20F3N7O/c1-13-9-16(30-26-6-7-27-30)18(25-10-13)19(31)29-8-2-3-15(12-29)28-17-5-4-14(11-24-17)20(21,22)23/h4-7,9-11,15H,2-3,8,12H2,1H3,(H,24,28). The Morgan fingerprint density at radius 2 is 1.94 bits per heavy atom. The Kier molecular flexibility index (Phi) is 5.57. The van der Waals surface area contributed by atoms with Gasteiger partial charge in [0, 0.05) is 31.5 Å². The predicted molar refractivity (Wildman–Crippen MR) is 106 cm³/mol. The Balaban J connectivity index is 1.49. The van der Waals surface area contributed by atoms with E-state index >= 15 is 0 Å². The number of nitrogens with zero attached hydrogens (tertiary/aromatic N) is 6. The van der Waals surface area contributed by atoms with Crippen molar-refractivity contribution in [3.8, 4) is 5.69 Å². The summed E-state index contributed by atoms with van der Waals surface area (Å²) in [5.41, 5.74) is 0.809. The molecule has 3 aromatic rings. The molecule has 1 saturated heterocycles. The Labute approximate surface area is 176 Å². The van der Waals surface area contributed by atoms with Crippen molar-refractivity contribution < 1.29 is 18.0 Å². The molecule has 31 heavy (non-hydrogen) atoms. The van der Waals surface area contributed by atoms with Crippen LogP contribution in [0, 0.1) is 6.92 Å². The number of piperidine rings is 1. The normalized spacial score (nSPS) is 16.9. The van der Waals surface area contributed by atoms with Gasteiger partial charge >= 0.3 is 6.18 Å². The summed E-state index contributed by atoms with van der Waals surface area (Å²) in [4.78, 5) is 24.4. The highest BCUT2D eigenvalue weighted by molar-refractivity contribution is 5.95. The van der Waals surface area contributed by atoms with E-state index in [1.807, 2.05) is 6.92 Å². The maximum Gasteiger partial charge on any atom is 0.417 e.